The van der Waals surface area contributed by atoms with Gasteiger partial charge in [-0.2, -0.15) is 0 Å². The van der Waals surface area contributed by atoms with Gasteiger partial charge in [0.1, 0.15) is 11.6 Å². The molecule has 0 aliphatic carbocycles. The fourth-order valence-electron chi connectivity index (χ4n) is 3.53. The molecule has 0 bridgehead atoms. The summed E-state index contributed by atoms with van der Waals surface area (Å²) in [6.07, 6.45) is 2.07. The second-order valence-electron chi connectivity index (χ2n) is 6.40. The summed E-state index contributed by atoms with van der Waals surface area (Å²) >= 11 is 5.75. The molecule has 1 N–H and O–H groups in total. The lowest BCUT2D eigenvalue weighted by Crippen LogP contribution is -2.44. The summed E-state index contributed by atoms with van der Waals surface area (Å²) < 4.78 is 21.1. The minimum absolute atomic E-state index is 0.0796. The van der Waals surface area contributed by atoms with E-state index >= 15 is 0 Å². The summed E-state index contributed by atoms with van der Waals surface area (Å²) in [6, 6.07) is 18.4. The van der Waals surface area contributed by atoms with E-state index in [1.54, 1.807) is 7.11 Å². The Balaban J connectivity index is 1.68. The van der Waals surface area contributed by atoms with Gasteiger partial charge >= 0.3 is 0 Å². The molecule has 1 aliphatic rings. The summed E-state index contributed by atoms with van der Waals surface area (Å²) in [5.74, 6) is 0.491. The molecule has 0 amide bonds. The quantitative estimate of drug-likeness (QED) is 0.680. The Morgan fingerprint density at radius 1 is 1.07 bits per heavy atom. The Morgan fingerprint density at radius 3 is 2.63 bits per heavy atom. The van der Waals surface area contributed by atoms with Crippen LogP contribution in [0.15, 0.2) is 66.9 Å². The molecule has 1 atom stereocenters. The van der Waals surface area contributed by atoms with Crippen molar-refractivity contribution >= 4 is 23.0 Å². The molecule has 0 saturated heterocycles. The number of ether oxygens (including phenoxy) is 1. The smallest absolute Gasteiger partial charge is 0.174 e. The Labute approximate surface area is 163 Å². The lowest BCUT2D eigenvalue weighted by molar-refractivity contribution is 0.293. The summed E-state index contributed by atoms with van der Waals surface area (Å²) in [5.41, 5.74) is 2.96. The number of hydrogen-bond donors (Lipinski definition) is 1. The standard InChI is InChI=1S/C21H20FN3OS/c1-26-19-7-3-2-5-17(19)23-21(27)25-14-13-24-12-4-6-18(24)20(25)15-8-10-16(22)11-9-15/h2-12,20H,13-14H2,1H3,(H,23,27). The number of benzene rings is 2. The van der Waals surface area contributed by atoms with Crippen LogP contribution in [0.4, 0.5) is 10.1 Å². The van der Waals surface area contributed by atoms with Gasteiger partial charge in [-0.3, -0.25) is 0 Å². The number of halogens is 1. The maximum atomic E-state index is 13.4. The van der Waals surface area contributed by atoms with Crippen molar-refractivity contribution in [1.82, 2.24) is 9.47 Å². The maximum absolute atomic E-state index is 13.4. The third kappa shape index (κ3) is 3.40. The first-order valence-corrected chi connectivity index (χ1v) is 9.19. The molecule has 1 aliphatic heterocycles. The van der Waals surface area contributed by atoms with Gasteiger partial charge in [-0.15, -0.1) is 0 Å². The molecule has 2 heterocycles. The Bertz CT molecular complexity index is 954. The largest absolute Gasteiger partial charge is 0.495 e. The summed E-state index contributed by atoms with van der Waals surface area (Å²) in [5, 5.41) is 3.93. The minimum Gasteiger partial charge on any atom is -0.495 e. The molecular formula is C21H20FN3OS. The predicted molar refractivity (Wildman–Crippen MR) is 109 cm³/mol. The number of fused-ring (bicyclic) bond motifs is 1. The van der Waals surface area contributed by atoms with E-state index < -0.39 is 0 Å². The first-order valence-electron chi connectivity index (χ1n) is 8.78. The normalized spacial score (nSPS) is 15.9. The molecule has 1 aromatic heterocycles. The number of para-hydroxylation sites is 2. The topological polar surface area (TPSA) is 29.4 Å². The zero-order chi connectivity index (χ0) is 18.8. The van der Waals surface area contributed by atoms with E-state index in [2.05, 4.69) is 27.0 Å². The van der Waals surface area contributed by atoms with Gasteiger partial charge in [0.05, 0.1) is 18.8 Å². The number of aromatic nitrogens is 1. The number of methoxy groups -OCH3 is 1. The highest BCUT2D eigenvalue weighted by atomic mass is 32.1. The van der Waals surface area contributed by atoms with Crippen LogP contribution in [0.1, 0.15) is 17.3 Å². The third-order valence-corrected chi connectivity index (χ3v) is 5.17. The molecule has 27 heavy (non-hydrogen) atoms. The van der Waals surface area contributed by atoms with Crippen LogP contribution in [-0.2, 0) is 6.54 Å². The third-order valence-electron chi connectivity index (χ3n) is 4.83. The van der Waals surface area contributed by atoms with Crippen molar-refractivity contribution in [2.45, 2.75) is 12.6 Å². The van der Waals surface area contributed by atoms with Crippen LogP contribution in [-0.4, -0.2) is 28.2 Å². The number of rotatable bonds is 3. The van der Waals surface area contributed by atoms with Crippen molar-refractivity contribution in [2.75, 3.05) is 19.0 Å². The van der Waals surface area contributed by atoms with E-state index in [-0.39, 0.29) is 11.9 Å². The molecule has 0 radical (unpaired) electrons. The number of nitrogens with zero attached hydrogens (tertiary/aromatic N) is 2. The molecular weight excluding hydrogens is 361 g/mol. The van der Waals surface area contributed by atoms with Crippen molar-refractivity contribution in [3.63, 3.8) is 0 Å². The molecule has 3 aromatic rings. The van der Waals surface area contributed by atoms with E-state index in [0.29, 0.717) is 5.11 Å². The monoisotopic (exact) mass is 381 g/mol. The van der Waals surface area contributed by atoms with Crippen LogP contribution in [0, 0.1) is 5.82 Å². The summed E-state index contributed by atoms with van der Waals surface area (Å²) in [4.78, 5) is 2.14. The molecule has 138 valence electrons. The van der Waals surface area contributed by atoms with Gasteiger partial charge < -0.3 is 19.5 Å². The van der Waals surface area contributed by atoms with Gasteiger partial charge in [0.15, 0.2) is 5.11 Å². The fourth-order valence-corrected chi connectivity index (χ4v) is 3.84. The second kappa shape index (κ2) is 7.40. The van der Waals surface area contributed by atoms with Crippen LogP contribution >= 0.6 is 12.2 Å². The lowest BCUT2D eigenvalue weighted by Gasteiger charge is -2.39. The van der Waals surface area contributed by atoms with E-state index in [1.165, 1.54) is 12.1 Å². The van der Waals surface area contributed by atoms with E-state index in [4.69, 9.17) is 17.0 Å². The zero-order valence-corrected chi connectivity index (χ0v) is 15.7. The Hall–Kier alpha value is -2.86. The molecule has 0 spiro atoms. The van der Waals surface area contributed by atoms with Crippen LogP contribution in [0.2, 0.25) is 0 Å². The highest BCUT2D eigenvalue weighted by molar-refractivity contribution is 7.80. The fraction of sp³-hybridized carbons (Fsp3) is 0.190. The molecule has 4 nitrogen and oxygen atoms in total. The average molecular weight is 381 g/mol. The highest BCUT2D eigenvalue weighted by Gasteiger charge is 2.30. The first kappa shape index (κ1) is 17.5. The number of nitrogens with one attached hydrogen (secondary N) is 1. The minimum atomic E-state index is -0.244. The number of hydrogen-bond acceptors (Lipinski definition) is 2. The van der Waals surface area contributed by atoms with Crippen molar-refractivity contribution in [2.24, 2.45) is 0 Å². The highest BCUT2D eigenvalue weighted by Crippen LogP contribution is 2.33. The Kier molecular flexibility index (Phi) is 4.81. The van der Waals surface area contributed by atoms with E-state index in [1.807, 2.05) is 42.5 Å². The van der Waals surface area contributed by atoms with E-state index in [9.17, 15) is 4.39 Å². The molecule has 0 fully saturated rings. The van der Waals surface area contributed by atoms with Crippen molar-refractivity contribution < 1.29 is 9.13 Å². The van der Waals surface area contributed by atoms with Crippen LogP contribution in [0.3, 0.4) is 0 Å². The first-order chi connectivity index (χ1) is 13.2. The van der Waals surface area contributed by atoms with Gasteiger partial charge in [0, 0.05) is 25.0 Å². The second-order valence-corrected chi connectivity index (χ2v) is 6.79. The van der Waals surface area contributed by atoms with Gasteiger partial charge in [-0.1, -0.05) is 24.3 Å². The van der Waals surface area contributed by atoms with Gasteiger partial charge in [-0.05, 0) is 54.2 Å². The number of anilines is 1. The van der Waals surface area contributed by atoms with Crippen LogP contribution < -0.4 is 10.1 Å². The van der Waals surface area contributed by atoms with Crippen molar-refractivity contribution in [1.29, 1.82) is 0 Å². The molecule has 6 heteroatoms. The summed E-state index contributed by atoms with van der Waals surface area (Å²) in [7, 11) is 1.64. The van der Waals surface area contributed by atoms with Crippen molar-refractivity contribution in [3.05, 3.63) is 83.9 Å². The van der Waals surface area contributed by atoms with E-state index in [0.717, 1.165) is 35.8 Å². The molecule has 1 unspecified atom stereocenters. The lowest BCUT2D eigenvalue weighted by atomic mass is 10.0. The molecule has 2 aromatic carbocycles. The zero-order valence-electron chi connectivity index (χ0n) is 14.9. The molecule has 4 rings (SSSR count). The Morgan fingerprint density at radius 2 is 1.85 bits per heavy atom. The maximum Gasteiger partial charge on any atom is 0.174 e. The predicted octanol–water partition coefficient (Wildman–Crippen LogP) is 4.44. The summed E-state index contributed by atoms with van der Waals surface area (Å²) in [6.45, 7) is 1.60. The van der Waals surface area contributed by atoms with Crippen molar-refractivity contribution in [3.8, 4) is 5.75 Å². The average Bonchev–Trinajstić information content (AvgIpc) is 3.17. The van der Waals surface area contributed by atoms with Crippen LogP contribution in [0.25, 0.3) is 0 Å². The van der Waals surface area contributed by atoms with Gasteiger partial charge in [0.2, 0.25) is 0 Å². The molecule has 0 saturated carbocycles. The SMILES string of the molecule is COc1ccccc1NC(=S)N1CCn2cccc2C1c1ccc(F)cc1. The van der Waals surface area contributed by atoms with Gasteiger partial charge in [0.25, 0.3) is 0 Å². The van der Waals surface area contributed by atoms with Gasteiger partial charge in [-0.25, -0.2) is 4.39 Å². The number of thiocarbonyl (C=S) groups is 1. The van der Waals surface area contributed by atoms with Crippen LogP contribution in [0.5, 0.6) is 5.75 Å².